The topological polar surface area (TPSA) is 161 Å². The molecule has 12 nitrogen and oxygen atoms in total. The highest BCUT2D eigenvalue weighted by Crippen LogP contribution is 2.31. The highest BCUT2D eigenvalue weighted by atomic mass is 32.2. The first kappa shape index (κ1) is 25.9. The van der Waals surface area contributed by atoms with Crippen molar-refractivity contribution in [2.75, 3.05) is 13.2 Å². The number of carbonyl (C=O) groups excluding carboxylic acids is 1. The van der Waals surface area contributed by atoms with Gasteiger partial charge in [0, 0.05) is 0 Å². The monoisotopic (exact) mass is 558 g/mol. The van der Waals surface area contributed by atoms with Gasteiger partial charge in [-0.3, -0.25) is 4.79 Å². The molecule has 3 heterocycles. The minimum atomic E-state index is -3.88. The van der Waals surface area contributed by atoms with Crippen molar-refractivity contribution < 1.29 is 27.4 Å². The highest BCUT2D eigenvalue weighted by Gasteiger charge is 2.28. The number of nitrogens with one attached hydrogen (secondary N) is 1. The van der Waals surface area contributed by atoms with Crippen LogP contribution in [0.25, 0.3) is 10.2 Å². The second kappa shape index (κ2) is 10.6. The number of ether oxygens (including phenoxy) is 3. The van der Waals surface area contributed by atoms with Gasteiger partial charge in [0.05, 0.1) is 23.0 Å². The van der Waals surface area contributed by atoms with Crippen molar-refractivity contribution >= 4 is 37.5 Å². The van der Waals surface area contributed by atoms with Gasteiger partial charge >= 0.3 is 0 Å². The number of nitrogens with two attached hydrogens (primary N) is 1. The van der Waals surface area contributed by atoms with Crippen LogP contribution in [-0.4, -0.2) is 53.6 Å². The Kier molecular flexibility index (Phi) is 7.19. The van der Waals surface area contributed by atoms with E-state index in [2.05, 4.69) is 20.6 Å². The summed E-state index contributed by atoms with van der Waals surface area (Å²) >= 11 is 0.969. The van der Waals surface area contributed by atoms with Gasteiger partial charge < -0.3 is 19.5 Å². The Bertz CT molecular complexity index is 1570. The molecule has 1 aliphatic heterocycles. The largest absolute Gasteiger partial charge is 0.487 e. The molecular formula is C24H26N6O6S2. The predicted octanol–water partition coefficient (Wildman–Crippen LogP) is 2.27. The molecular weight excluding hydrogens is 532 g/mol. The molecule has 1 amide bonds. The molecule has 2 atom stereocenters. The zero-order valence-corrected chi connectivity index (χ0v) is 22.2. The highest BCUT2D eigenvalue weighted by molar-refractivity contribution is 7.91. The first-order valence-corrected chi connectivity index (χ1v) is 14.2. The number of amides is 1. The van der Waals surface area contributed by atoms with E-state index >= 15 is 0 Å². The fourth-order valence-electron chi connectivity index (χ4n) is 3.98. The molecule has 0 bridgehead atoms. The number of sulfonamides is 1. The third-order valence-electron chi connectivity index (χ3n) is 5.78. The minimum absolute atomic E-state index is 0.0588. The second-order valence-electron chi connectivity index (χ2n) is 9.06. The molecule has 0 spiro atoms. The summed E-state index contributed by atoms with van der Waals surface area (Å²) in [6.07, 6.45) is 1.36. The summed E-state index contributed by atoms with van der Waals surface area (Å²) in [4.78, 5) is 17.1. The smallest absolute Gasteiger partial charge is 0.265 e. The van der Waals surface area contributed by atoms with Crippen LogP contribution in [0.5, 0.6) is 17.2 Å². The van der Waals surface area contributed by atoms with Crippen molar-refractivity contribution in [3.63, 3.8) is 0 Å². The van der Waals surface area contributed by atoms with E-state index < -0.39 is 16.1 Å². The van der Waals surface area contributed by atoms with Crippen molar-refractivity contribution in [1.82, 2.24) is 25.3 Å². The number of aromatic nitrogens is 4. The first-order chi connectivity index (χ1) is 18.2. The van der Waals surface area contributed by atoms with Gasteiger partial charge in [-0.15, -0.1) is 16.4 Å². The summed E-state index contributed by atoms with van der Waals surface area (Å²) in [7, 11) is -3.88. The number of primary sulfonamides is 1. The van der Waals surface area contributed by atoms with Crippen molar-refractivity contribution in [1.29, 1.82) is 0 Å². The number of nitrogens with zero attached hydrogens (tertiary/aromatic N) is 4. The Morgan fingerprint density at radius 2 is 2.05 bits per heavy atom. The van der Waals surface area contributed by atoms with Crippen LogP contribution in [0.15, 0.2) is 53.0 Å². The molecule has 0 saturated carbocycles. The summed E-state index contributed by atoms with van der Waals surface area (Å²) in [6, 6.07) is 11.9. The van der Waals surface area contributed by atoms with E-state index in [9.17, 15) is 13.2 Å². The van der Waals surface area contributed by atoms with E-state index in [0.29, 0.717) is 39.8 Å². The molecule has 2 aromatic heterocycles. The van der Waals surface area contributed by atoms with Crippen molar-refractivity contribution in [2.24, 2.45) is 11.1 Å². The van der Waals surface area contributed by atoms with E-state index in [1.54, 1.807) is 24.4 Å². The summed E-state index contributed by atoms with van der Waals surface area (Å²) in [6.45, 7) is 4.59. The van der Waals surface area contributed by atoms with E-state index in [4.69, 9.17) is 19.3 Å². The van der Waals surface area contributed by atoms with Crippen LogP contribution < -0.4 is 24.7 Å². The van der Waals surface area contributed by atoms with E-state index in [-0.39, 0.29) is 35.4 Å². The molecule has 3 N–H and O–H groups in total. The Morgan fingerprint density at radius 3 is 2.82 bits per heavy atom. The van der Waals surface area contributed by atoms with E-state index in [1.165, 1.54) is 4.68 Å². The van der Waals surface area contributed by atoms with Crippen LogP contribution in [0.2, 0.25) is 0 Å². The van der Waals surface area contributed by atoms with E-state index in [1.807, 2.05) is 38.1 Å². The predicted molar refractivity (Wildman–Crippen MR) is 139 cm³/mol. The summed E-state index contributed by atoms with van der Waals surface area (Å²) in [5.41, 5.74) is 1.04. The Balaban J connectivity index is 1.20. The van der Waals surface area contributed by atoms with Gasteiger partial charge in [-0.05, 0) is 36.2 Å². The quantitative estimate of drug-likeness (QED) is 0.314. The van der Waals surface area contributed by atoms with Gasteiger partial charge in [-0.25, -0.2) is 23.2 Å². The Morgan fingerprint density at radius 1 is 1.26 bits per heavy atom. The summed E-state index contributed by atoms with van der Waals surface area (Å²) in [5, 5.41) is 16.4. The Labute approximate surface area is 222 Å². The van der Waals surface area contributed by atoms with Gasteiger partial charge in [0.15, 0.2) is 11.5 Å². The molecule has 2 aromatic carbocycles. The average Bonchev–Trinajstić information content (AvgIpc) is 3.53. The molecule has 14 heteroatoms. The standard InChI is InChI=1S/C24H26N6O6S2/c1-14(2)22(23(31)26-10-17-13-35-19-5-3-4-6-20(19)36-17)30-11-15(28-29-30)12-34-16-7-8-18-21(9-16)37-24(27-18)38(25,32)33/h3-9,11,14,17,22H,10,12-13H2,1-2H3,(H,26,31)(H2,25,32,33). The van der Waals surface area contributed by atoms with Crippen molar-refractivity contribution in [2.45, 2.75) is 36.9 Å². The summed E-state index contributed by atoms with van der Waals surface area (Å²) in [5.74, 6) is 1.58. The first-order valence-electron chi connectivity index (χ1n) is 11.8. The number of para-hydroxylation sites is 2. The van der Waals surface area contributed by atoms with Crippen molar-refractivity contribution in [3.05, 3.63) is 54.4 Å². The lowest BCUT2D eigenvalue weighted by Crippen LogP contribution is -2.44. The van der Waals surface area contributed by atoms with Crippen LogP contribution >= 0.6 is 11.3 Å². The second-order valence-corrected chi connectivity index (χ2v) is 11.8. The van der Waals surface area contributed by atoms with Gasteiger partial charge in [0.25, 0.3) is 10.0 Å². The van der Waals surface area contributed by atoms with Crippen LogP contribution in [0, 0.1) is 5.92 Å². The maximum absolute atomic E-state index is 13.1. The summed E-state index contributed by atoms with van der Waals surface area (Å²) < 4.78 is 42.6. The van der Waals surface area contributed by atoms with Gasteiger partial charge in [-0.2, -0.15) is 0 Å². The van der Waals surface area contributed by atoms with Gasteiger partial charge in [-0.1, -0.05) is 31.2 Å². The number of rotatable bonds is 9. The number of benzene rings is 2. The molecule has 1 aliphatic rings. The normalized spacial score (nSPS) is 15.9. The molecule has 2 unspecified atom stereocenters. The molecule has 0 fully saturated rings. The fourth-order valence-corrected chi connectivity index (χ4v) is 5.66. The number of fused-ring (bicyclic) bond motifs is 2. The van der Waals surface area contributed by atoms with Gasteiger partial charge in [0.1, 0.15) is 36.8 Å². The zero-order chi connectivity index (χ0) is 26.9. The lowest BCUT2D eigenvalue weighted by molar-refractivity contribution is -0.126. The fraction of sp³-hybridized carbons (Fsp3) is 0.333. The maximum atomic E-state index is 13.1. The number of carbonyl (C=O) groups is 1. The SMILES string of the molecule is CC(C)C(C(=O)NCC1COc2ccccc2O1)n1cc(COc2ccc3nc(S(N)(=O)=O)sc3c2)nn1. The zero-order valence-electron chi connectivity index (χ0n) is 20.6. The molecule has 5 rings (SSSR count). The molecule has 4 aromatic rings. The number of hydrogen-bond donors (Lipinski definition) is 2. The lowest BCUT2D eigenvalue weighted by Gasteiger charge is -2.27. The molecule has 0 aliphatic carbocycles. The minimum Gasteiger partial charge on any atom is -0.487 e. The lowest BCUT2D eigenvalue weighted by atomic mass is 10.0. The van der Waals surface area contributed by atoms with Crippen LogP contribution in [0.3, 0.4) is 0 Å². The molecule has 0 saturated heterocycles. The van der Waals surface area contributed by atoms with E-state index in [0.717, 1.165) is 11.3 Å². The molecule has 200 valence electrons. The molecule has 0 radical (unpaired) electrons. The number of hydrogen-bond acceptors (Lipinski definition) is 10. The van der Waals surface area contributed by atoms with Crippen molar-refractivity contribution in [3.8, 4) is 17.2 Å². The van der Waals surface area contributed by atoms with Crippen LogP contribution in [0.4, 0.5) is 0 Å². The number of thiazole rings is 1. The van der Waals surface area contributed by atoms with Crippen LogP contribution in [0.1, 0.15) is 25.6 Å². The van der Waals surface area contributed by atoms with Crippen LogP contribution in [-0.2, 0) is 21.4 Å². The molecule has 38 heavy (non-hydrogen) atoms. The maximum Gasteiger partial charge on any atom is 0.265 e. The Hall–Kier alpha value is -3.75. The third kappa shape index (κ3) is 5.71. The third-order valence-corrected chi connectivity index (χ3v) is 8.12. The average molecular weight is 559 g/mol. The van der Waals surface area contributed by atoms with Gasteiger partial charge in [0.2, 0.25) is 10.2 Å².